The second-order valence-corrected chi connectivity index (χ2v) is 22.7. The van der Waals surface area contributed by atoms with Crippen LogP contribution in [0.5, 0.6) is 0 Å². The molecule has 0 fully saturated rings. The van der Waals surface area contributed by atoms with E-state index in [1.54, 1.807) is 6.07 Å². The van der Waals surface area contributed by atoms with Crippen LogP contribution in [0.15, 0.2) is 174 Å². The molecule has 0 aliphatic carbocycles. The molecule has 7 rings (SSSR count). The molecule has 198 valence electrons. The van der Waals surface area contributed by atoms with Gasteiger partial charge in [-0.1, -0.05) is 0 Å². The first kappa shape index (κ1) is 25.8. The third kappa shape index (κ3) is 4.13. The molecular formula is C36H27NO2SSn. The van der Waals surface area contributed by atoms with Crippen LogP contribution in [0.25, 0.3) is 0 Å². The molecule has 1 aliphatic rings. The Morgan fingerprint density at radius 1 is 0.415 bits per heavy atom. The van der Waals surface area contributed by atoms with Crippen LogP contribution in [-0.2, 0) is 9.84 Å². The van der Waals surface area contributed by atoms with E-state index in [1.165, 1.54) is 7.16 Å². The van der Waals surface area contributed by atoms with Gasteiger partial charge in [0.25, 0.3) is 0 Å². The Kier molecular flexibility index (Phi) is 6.52. The first-order valence-corrected chi connectivity index (χ1v) is 20.8. The summed E-state index contributed by atoms with van der Waals surface area (Å²) in [5, 5.41) is 0. The van der Waals surface area contributed by atoms with Crippen molar-refractivity contribution in [1.82, 2.24) is 0 Å². The topological polar surface area (TPSA) is 37.4 Å². The van der Waals surface area contributed by atoms with Crippen molar-refractivity contribution >= 4 is 59.6 Å². The number of fused-ring (bicyclic) bond motifs is 2. The minimum absolute atomic E-state index is 0.411. The van der Waals surface area contributed by atoms with Crippen molar-refractivity contribution in [3.63, 3.8) is 0 Å². The number of anilines is 3. The molecule has 5 heteroatoms. The second-order valence-electron chi connectivity index (χ2n) is 10.2. The van der Waals surface area contributed by atoms with Gasteiger partial charge in [-0.25, -0.2) is 0 Å². The van der Waals surface area contributed by atoms with Gasteiger partial charge in [0.2, 0.25) is 0 Å². The van der Waals surface area contributed by atoms with Crippen molar-refractivity contribution in [3.8, 4) is 0 Å². The van der Waals surface area contributed by atoms with Crippen LogP contribution < -0.4 is 19.2 Å². The van der Waals surface area contributed by atoms with Crippen LogP contribution in [-0.4, -0.2) is 26.8 Å². The van der Waals surface area contributed by atoms with Crippen molar-refractivity contribution in [2.45, 2.75) is 9.79 Å². The molecule has 3 nitrogen and oxygen atoms in total. The number of benzene rings is 6. The molecule has 0 N–H and O–H groups in total. The summed E-state index contributed by atoms with van der Waals surface area (Å²) < 4.78 is 33.4. The number of rotatable bonds is 5. The van der Waals surface area contributed by atoms with Crippen LogP contribution in [0.2, 0.25) is 0 Å². The van der Waals surface area contributed by atoms with Crippen LogP contribution in [0.1, 0.15) is 0 Å². The zero-order valence-electron chi connectivity index (χ0n) is 22.3. The van der Waals surface area contributed by atoms with Gasteiger partial charge in [-0.05, 0) is 0 Å². The summed E-state index contributed by atoms with van der Waals surface area (Å²) >= 11 is -4.09. The molecule has 1 aliphatic heterocycles. The molecule has 0 unspecified atom stereocenters. The summed E-state index contributed by atoms with van der Waals surface area (Å²) in [7, 11) is -3.78. The van der Waals surface area contributed by atoms with E-state index < -0.39 is 28.2 Å². The summed E-state index contributed by atoms with van der Waals surface area (Å²) in [6.07, 6.45) is 0. The van der Waals surface area contributed by atoms with Crippen molar-refractivity contribution in [3.05, 3.63) is 164 Å². The quantitative estimate of drug-likeness (QED) is 0.224. The number of hydrogen-bond acceptors (Lipinski definition) is 3. The SMILES string of the molecule is O=S1(=O)c2cccc[c]2[Sn]([c]2ccccc2)([c]2ccccc2)[c]2ccc(N(c3ccccc3)c3ccccc3)cc21. The summed E-state index contributed by atoms with van der Waals surface area (Å²) in [5.41, 5.74) is 2.74. The molecule has 41 heavy (non-hydrogen) atoms. The fourth-order valence-corrected chi connectivity index (χ4v) is 25.8. The number of sulfone groups is 1. The van der Waals surface area contributed by atoms with Crippen molar-refractivity contribution in [1.29, 1.82) is 0 Å². The molecule has 0 atom stereocenters. The van der Waals surface area contributed by atoms with Crippen LogP contribution in [0, 0.1) is 0 Å². The monoisotopic (exact) mass is 657 g/mol. The molecule has 6 aromatic rings. The Morgan fingerprint density at radius 2 is 0.854 bits per heavy atom. The van der Waals surface area contributed by atoms with Crippen molar-refractivity contribution in [2.24, 2.45) is 0 Å². The average Bonchev–Trinajstić information content (AvgIpc) is 3.04. The zero-order chi connectivity index (χ0) is 27.9. The van der Waals surface area contributed by atoms with E-state index in [9.17, 15) is 8.42 Å². The molecule has 0 saturated carbocycles. The average molecular weight is 656 g/mol. The third-order valence-electron chi connectivity index (χ3n) is 7.94. The summed E-state index contributed by atoms with van der Waals surface area (Å²) in [4.78, 5) is 2.96. The van der Waals surface area contributed by atoms with Gasteiger partial charge in [0.15, 0.2) is 0 Å². The molecule has 0 aromatic heterocycles. The van der Waals surface area contributed by atoms with E-state index >= 15 is 0 Å². The Bertz CT molecular complexity index is 1870. The Balaban J connectivity index is 1.58. The van der Waals surface area contributed by atoms with Crippen molar-refractivity contribution < 1.29 is 8.42 Å². The molecule has 0 bridgehead atoms. The standard InChI is InChI=1S/C24H17NO2S.2C6H5.Sn/c26-28(27,23-16-8-3-9-17-23)24-18-10-15-22(19-24)25(20-11-4-1-5-12-20)21-13-6-2-7-14-21;2*1-2-4-6-5-3-1;/h1-16,19H;2*1-5H;. The van der Waals surface area contributed by atoms with E-state index in [4.69, 9.17) is 0 Å². The molecule has 0 spiro atoms. The van der Waals surface area contributed by atoms with E-state index in [-0.39, 0.29) is 0 Å². The van der Waals surface area contributed by atoms with Gasteiger partial charge in [-0.15, -0.1) is 0 Å². The van der Waals surface area contributed by atoms with E-state index in [0.29, 0.717) is 9.79 Å². The molecular weight excluding hydrogens is 629 g/mol. The first-order chi connectivity index (χ1) is 20.1. The summed E-state index contributed by atoms with van der Waals surface area (Å²) in [5.74, 6) is 0. The number of para-hydroxylation sites is 2. The van der Waals surface area contributed by atoms with E-state index in [1.807, 2.05) is 91.0 Å². The third-order valence-corrected chi connectivity index (χ3v) is 24.8. The van der Waals surface area contributed by atoms with Crippen LogP contribution in [0.4, 0.5) is 17.1 Å². The molecule has 0 saturated heterocycles. The number of nitrogens with zero attached hydrogens (tertiary/aromatic N) is 1. The molecule has 1 heterocycles. The van der Waals surface area contributed by atoms with E-state index in [0.717, 1.165) is 24.2 Å². The van der Waals surface area contributed by atoms with Crippen LogP contribution in [0.3, 0.4) is 0 Å². The Hall–Kier alpha value is -4.13. The predicted octanol–water partition coefficient (Wildman–Crippen LogP) is 5.68. The molecule has 6 aromatic carbocycles. The Morgan fingerprint density at radius 3 is 1.39 bits per heavy atom. The maximum atomic E-state index is 14.5. The summed E-state index contributed by atoms with van der Waals surface area (Å²) in [6, 6.07) is 55.1. The van der Waals surface area contributed by atoms with Gasteiger partial charge in [0.05, 0.1) is 0 Å². The minimum atomic E-state index is -4.09. The molecule has 0 amide bonds. The fraction of sp³-hybridized carbons (Fsp3) is 0. The zero-order valence-corrected chi connectivity index (χ0v) is 25.9. The second kappa shape index (κ2) is 10.4. The van der Waals surface area contributed by atoms with Gasteiger partial charge < -0.3 is 0 Å². The maximum absolute atomic E-state index is 14.5. The van der Waals surface area contributed by atoms with Gasteiger partial charge in [0, 0.05) is 0 Å². The van der Waals surface area contributed by atoms with Gasteiger partial charge in [-0.3, -0.25) is 0 Å². The molecule has 0 radical (unpaired) electrons. The Labute approximate surface area is 245 Å². The van der Waals surface area contributed by atoms with Crippen LogP contribution >= 0.6 is 0 Å². The number of hydrogen-bond donors (Lipinski definition) is 0. The van der Waals surface area contributed by atoms with Gasteiger partial charge >= 0.3 is 246 Å². The van der Waals surface area contributed by atoms with Gasteiger partial charge in [0.1, 0.15) is 0 Å². The first-order valence-electron chi connectivity index (χ1n) is 13.6. The predicted molar refractivity (Wildman–Crippen MR) is 170 cm³/mol. The normalized spacial score (nSPS) is 14.4. The fourth-order valence-electron chi connectivity index (χ4n) is 6.22. The van der Waals surface area contributed by atoms with E-state index in [2.05, 4.69) is 71.6 Å². The van der Waals surface area contributed by atoms with Gasteiger partial charge in [-0.2, -0.15) is 0 Å². The summed E-state index contributed by atoms with van der Waals surface area (Å²) in [6.45, 7) is 0. The van der Waals surface area contributed by atoms with Crippen molar-refractivity contribution in [2.75, 3.05) is 4.90 Å².